The second kappa shape index (κ2) is 9.22. The van der Waals surface area contributed by atoms with Gasteiger partial charge in [0.15, 0.2) is 11.5 Å². The molecular formula is C19H21N3O4. The van der Waals surface area contributed by atoms with E-state index in [1.54, 1.807) is 43.5 Å². The van der Waals surface area contributed by atoms with Crippen LogP contribution in [0, 0.1) is 6.92 Å². The Balaban J connectivity index is 1.85. The number of carbonyl (C=O) groups excluding carboxylic acids is 2. The Morgan fingerprint density at radius 3 is 2.54 bits per heavy atom. The van der Waals surface area contributed by atoms with Gasteiger partial charge in [0.25, 0.3) is 11.8 Å². The molecule has 0 aliphatic carbocycles. The van der Waals surface area contributed by atoms with E-state index in [1.807, 2.05) is 13.0 Å². The van der Waals surface area contributed by atoms with Gasteiger partial charge in [-0.2, -0.15) is 5.10 Å². The first-order chi connectivity index (χ1) is 12.5. The normalized spacial score (nSPS) is 10.4. The Morgan fingerprint density at radius 1 is 1.08 bits per heavy atom. The number of nitrogens with one attached hydrogen (secondary N) is 2. The predicted octanol–water partition coefficient (Wildman–Crippen LogP) is 1.89. The van der Waals surface area contributed by atoms with Crippen LogP contribution in [-0.4, -0.2) is 38.8 Å². The number of nitrogens with zero attached hydrogens (tertiary/aromatic N) is 1. The van der Waals surface area contributed by atoms with Gasteiger partial charge in [-0.25, -0.2) is 5.43 Å². The zero-order valence-electron chi connectivity index (χ0n) is 14.9. The van der Waals surface area contributed by atoms with E-state index >= 15 is 0 Å². The number of hydrazone groups is 1. The van der Waals surface area contributed by atoms with Crippen molar-refractivity contribution in [2.75, 3.05) is 20.8 Å². The maximum Gasteiger partial charge on any atom is 0.259 e. The van der Waals surface area contributed by atoms with Crippen LogP contribution in [0.1, 0.15) is 21.5 Å². The molecule has 0 aromatic heterocycles. The molecule has 0 saturated heterocycles. The summed E-state index contributed by atoms with van der Waals surface area (Å²) in [6.45, 7) is 1.72. The SMILES string of the molecule is COc1ccc(/C=N\NC(=O)CNC(=O)c2cccc(C)c2)cc1OC. The lowest BCUT2D eigenvalue weighted by molar-refractivity contribution is -0.120. The van der Waals surface area contributed by atoms with Crippen molar-refractivity contribution in [3.05, 3.63) is 59.2 Å². The number of carbonyl (C=O) groups is 2. The molecule has 136 valence electrons. The van der Waals surface area contributed by atoms with Crippen molar-refractivity contribution in [2.24, 2.45) is 5.10 Å². The molecule has 0 unspecified atom stereocenters. The third-order valence-electron chi connectivity index (χ3n) is 3.50. The van der Waals surface area contributed by atoms with Gasteiger partial charge in [-0.05, 0) is 42.8 Å². The van der Waals surface area contributed by atoms with Crippen molar-refractivity contribution in [1.29, 1.82) is 0 Å². The largest absolute Gasteiger partial charge is 0.493 e. The molecule has 0 aliphatic rings. The Hall–Kier alpha value is -3.35. The zero-order chi connectivity index (χ0) is 18.9. The molecule has 2 amide bonds. The van der Waals surface area contributed by atoms with Crippen LogP contribution in [0.25, 0.3) is 0 Å². The van der Waals surface area contributed by atoms with Gasteiger partial charge in [0.05, 0.1) is 27.0 Å². The van der Waals surface area contributed by atoms with Crippen molar-refractivity contribution >= 4 is 18.0 Å². The summed E-state index contributed by atoms with van der Waals surface area (Å²) in [5.74, 6) is 0.427. The lowest BCUT2D eigenvalue weighted by Crippen LogP contribution is -2.34. The topological polar surface area (TPSA) is 89.0 Å². The van der Waals surface area contributed by atoms with Crippen molar-refractivity contribution in [3.8, 4) is 11.5 Å². The molecule has 0 aliphatic heterocycles. The van der Waals surface area contributed by atoms with Crippen LogP contribution < -0.4 is 20.2 Å². The molecule has 2 aromatic rings. The van der Waals surface area contributed by atoms with E-state index in [2.05, 4.69) is 15.8 Å². The van der Waals surface area contributed by atoms with Gasteiger partial charge in [0.1, 0.15) is 0 Å². The van der Waals surface area contributed by atoms with Crippen molar-refractivity contribution < 1.29 is 19.1 Å². The number of aryl methyl sites for hydroxylation is 1. The molecule has 0 saturated carbocycles. The fourth-order valence-electron chi connectivity index (χ4n) is 2.20. The molecule has 0 fully saturated rings. The lowest BCUT2D eigenvalue weighted by Gasteiger charge is -2.07. The van der Waals surface area contributed by atoms with E-state index in [-0.39, 0.29) is 12.5 Å². The zero-order valence-corrected chi connectivity index (χ0v) is 14.9. The third kappa shape index (κ3) is 5.34. The fraction of sp³-hybridized carbons (Fsp3) is 0.211. The summed E-state index contributed by atoms with van der Waals surface area (Å²) in [6.07, 6.45) is 1.47. The maximum absolute atomic E-state index is 12.0. The number of rotatable bonds is 7. The molecule has 2 aromatic carbocycles. The third-order valence-corrected chi connectivity index (χ3v) is 3.50. The Kier molecular flexibility index (Phi) is 6.73. The molecule has 0 spiro atoms. The summed E-state index contributed by atoms with van der Waals surface area (Å²) < 4.78 is 10.4. The highest BCUT2D eigenvalue weighted by Gasteiger charge is 2.07. The fourth-order valence-corrected chi connectivity index (χ4v) is 2.20. The van der Waals surface area contributed by atoms with Crippen molar-refractivity contribution in [2.45, 2.75) is 6.92 Å². The Bertz CT molecular complexity index is 818. The highest BCUT2D eigenvalue weighted by Crippen LogP contribution is 2.26. The van der Waals surface area contributed by atoms with Gasteiger partial charge in [-0.1, -0.05) is 17.7 Å². The van der Waals surface area contributed by atoms with E-state index in [9.17, 15) is 9.59 Å². The average Bonchev–Trinajstić information content (AvgIpc) is 2.65. The number of benzene rings is 2. The predicted molar refractivity (Wildman–Crippen MR) is 98.8 cm³/mol. The molecule has 7 heteroatoms. The van der Waals surface area contributed by atoms with E-state index in [4.69, 9.17) is 9.47 Å². The minimum Gasteiger partial charge on any atom is -0.493 e. The first kappa shape index (κ1) is 19.0. The molecule has 7 nitrogen and oxygen atoms in total. The second-order valence-electron chi connectivity index (χ2n) is 5.46. The van der Waals surface area contributed by atoms with Gasteiger partial charge in [-0.3, -0.25) is 9.59 Å². The van der Waals surface area contributed by atoms with Crippen LogP contribution in [0.4, 0.5) is 0 Å². The summed E-state index contributed by atoms with van der Waals surface area (Å²) in [4.78, 5) is 23.7. The molecular weight excluding hydrogens is 334 g/mol. The molecule has 26 heavy (non-hydrogen) atoms. The number of methoxy groups -OCH3 is 2. The van der Waals surface area contributed by atoms with Crippen LogP contribution >= 0.6 is 0 Å². The van der Waals surface area contributed by atoms with E-state index < -0.39 is 5.91 Å². The molecule has 2 rings (SSSR count). The Morgan fingerprint density at radius 2 is 1.85 bits per heavy atom. The number of hydrogen-bond acceptors (Lipinski definition) is 5. The van der Waals surface area contributed by atoms with E-state index in [0.717, 1.165) is 11.1 Å². The number of ether oxygens (including phenoxy) is 2. The highest BCUT2D eigenvalue weighted by atomic mass is 16.5. The van der Waals surface area contributed by atoms with Gasteiger partial charge < -0.3 is 14.8 Å². The van der Waals surface area contributed by atoms with E-state index in [1.165, 1.54) is 13.3 Å². The number of hydrogen-bond donors (Lipinski definition) is 2. The summed E-state index contributed by atoms with van der Waals surface area (Å²) >= 11 is 0. The van der Waals surface area contributed by atoms with Gasteiger partial charge >= 0.3 is 0 Å². The van der Waals surface area contributed by atoms with Gasteiger partial charge in [0, 0.05) is 5.56 Å². The molecule has 0 heterocycles. The van der Waals surface area contributed by atoms with Crippen LogP contribution in [0.15, 0.2) is 47.6 Å². The Labute approximate surface area is 152 Å². The molecule has 2 N–H and O–H groups in total. The van der Waals surface area contributed by atoms with Crippen molar-refractivity contribution in [3.63, 3.8) is 0 Å². The quantitative estimate of drug-likeness (QED) is 0.586. The van der Waals surface area contributed by atoms with Crippen LogP contribution in [0.3, 0.4) is 0 Å². The highest BCUT2D eigenvalue weighted by molar-refractivity contribution is 5.96. The standard InChI is InChI=1S/C19H21N3O4/c1-13-5-4-6-15(9-13)19(24)20-12-18(23)22-21-11-14-7-8-16(25-2)17(10-14)26-3/h4-11H,12H2,1-3H3,(H,20,24)(H,22,23)/b21-11-. The molecule has 0 bridgehead atoms. The minimum atomic E-state index is -0.428. The average molecular weight is 355 g/mol. The van der Waals surface area contributed by atoms with Crippen molar-refractivity contribution in [1.82, 2.24) is 10.7 Å². The second-order valence-corrected chi connectivity index (χ2v) is 5.46. The van der Waals surface area contributed by atoms with Gasteiger partial charge in [-0.15, -0.1) is 0 Å². The first-order valence-corrected chi connectivity index (χ1v) is 7.92. The summed E-state index contributed by atoms with van der Waals surface area (Å²) in [5.41, 5.74) is 4.57. The first-order valence-electron chi connectivity index (χ1n) is 7.92. The van der Waals surface area contributed by atoms with Crippen LogP contribution in [0.2, 0.25) is 0 Å². The van der Waals surface area contributed by atoms with Gasteiger partial charge in [0.2, 0.25) is 0 Å². The van der Waals surface area contributed by atoms with E-state index in [0.29, 0.717) is 17.1 Å². The lowest BCUT2D eigenvalue weighted by atomic mass is 10.1. The van der Waals surface area contributed by atoms with Crippen LogP contribution in [-0.2, 0) is 4.79 Å². The summed E-state index contributed by atoms with van der Waals surface area (Å²) in [6, 6.07) is 12.4. The minimum absolute atomic E-state index is 0.171. The number of amides is 2. The van der Waals surface area contributed by atoms with Crippen LogP contribution in [0.5, 0.6) is 11.5 Å². The molecule has 0 atom stereocenters. The summed E-state index contributed by atoms with van der Waals surface area (Å²) in [7, 11) is 3.09. The maximum atomic E-state index is 12.0. The smallest absolute Gasteiger partial charge is 0.259 e. The summed E-state index contributed by atoms with van der Waals surface area (Å²) in [5, 5.41) is 6.41. The monoisotopic (exact) mass is 355 g/mol. The molecule has 0 radical (unpaired) electrons.